The Morgan fingerprint density at radius 1 is 1.19 bits per heavy atom. The Morgan fingerprint density at radius 3 is 2.48 bits per heavy atom. The Balaban J connectivity index is 2.01. The number of halogens is 1. The molecule has 1 aliphatic heterocycles. The number of anilines is 1. The summed E-state index contributed by atoms with van der Waals surface area (Å²) in [6, 6.07) is 3.89. The highest BCUT2D eigenvalue weighted by molar-refractivity contribution is 9.09. The summed E-state index contributed by atoms with van der Waals surface area (Å²) >= 11 is 3.62. The van der Waals surface area contributed by atoms with E-state index in [1.54, 1.807) is 4.90 Å². The maximum atomic E-state index is 12.4. The van der Waals surface area contributed by atoms with Crippen LogP contribution in [0.2, 0.25) is 0 Å². The number of fused-ring (bicyclic) bond motifs is 1. The number of hydrogen-bond acceptors (Lipinski definition) is 2. The molecule has 1 amide bonds. The zero-order valence-electron chi connectivity index (χ0n) is 12.5. The lowest BCUT2D eigenvalue weighted by atomic mass is 9.88. The lowest BCUT2D eigenvalue weighted by Gasteiger charge is -2.32. The summed E-state index contributed by atoms with van der Waals surface area (Å²) in [5.41, 5.74) is 3.59. The maximum absolute atomic E-state index is 12.4. The van der Waals surface area contributed by atoms with Gasteiger partial charge >= 0.3 is 0 Å². The number of rotatable bonds is 3. The van der Waals surface area contributed by atoms with Gasteiger partial charge in [0.15, 0.2) is 0 Å². The quantitative estimate of drug-likeness (QED) is 0.614. The maximum Gasteiger partial charge on any atom is 0.299 e. The van der Waals surface area contributed by atoms with Crippen molar-refractivity contribution in [3.05, 3.63) is 28.8 Å². The Labute approximate surface area is 133 Å². The van der Waals surface area contributed by atoms with Gasteiger partial charge in [-0.25, -0.2) is 0 Å². The van der Waals surface area contributed by atoms with Crippen molar-refractivity contribution in [3.8, 4) is 0 Å². The van der Waals surface area contributed by atoms with E-state index in [2.05, 4.69) is 15.9 Å². The third-order valence-corrected chi connectivity index (χ3v) is 6.03. The molecule has 3 rings (SSSR count). The van der Waals surface area contributed by atoms with Crippen LogP contribution in [0.5, 0.6) is 0 Å². The molecule has 0 bridgehead atoms. The number of aryl methyl sites for hydroxylation is 2. The predicted molar refractivity (Wildman–Crippen MR) is 87.3 cm³/mol. The van der Waals surface area contributed by atoms with Gasteiger partial charge in [-0.3, -0.25) is 9.59 Å². The minimum absolute atomic E-state index is 0.120. The topological polar surface area (TPSA) is 37.4 Å². The van der Waals surface area contributed by atoms with E-state index in [1.807, 2.05) is 26.0 Å². The highest BCUT2D eigenvalue weighted by Gasteiger charge is 2.43. The van der Waals surface area contributed by atoms with Crippen molar-refractivity contribution in [1.29, 1.82) is 0 Å². The molecule has 1 fully saturated rings. The SMILES string of the molecule is Cc1cc(C)c2c(c1)C(=O)C(=O)N2CC1(CBr)CCCC1. The van der Waals surface area contributed by atoms with Crippen LogP contribution in [-0.2, 0) is 4.79 Å². The molecule has 2 aliphatic rings. The summed E-state index contributed by atoms with van der Waals surface area (Å²) in [5.74, 6) is -0.703. The van der Waals surface area contributed by atoms with Gasteiger partial charge in [-0.1, -0.05) is 34.8 Å². The van der Waals surface area contributed by atoms with Gasteiger partial charge in [0.25, 0.3) is 11.7 Å². The molecule has 1 heterocycles. The predicted octanol–water partition coefficient (Wildman–Crippen LogP) is 3.79. The van der Waals surface area contributed by atoms with Gasteiger partial charge in [-0.15, -0.1) is 0 Å². The van der Waals surface area contributed by atoms with Crippen LogP contribution >= 0.6 is 15.9 Å². The second-order valence-corrected chi connectivity index (χ2v) is 7.10. The third kappa shape index (κ3) is 2.33. The highest BCUT2D eigenvalue weighted by atomic mass is 79.9. The average Bonchev–Trinajstić information content (AvgIpc) is 3.00. The summed E-state index contributed by atoms with van der Waals surface area (Å²) in [6.45, 7) is 4.60. The monoisotopic (exact) mass is 349 g/mol. The molecule has 1 aromatic carbocycles. The molecule has 1 saturated carbocycles. The van der Waals surface area contributed by atoms with Crippen LogP contribution in [0.15, 0.2) is 12.1 Å². The fourth-order valence-electron chi connectivity index (χ4n) is 3.78. The highest BCUT2D eigenvalue weighted by Crippen LogP contribution is 2.43. The molecule has 0 radical (unpaired) electrons. The van der Waals surface area contributed by atoms with Crippen LogP contribution in [0.25, 0.3) is 0 Å². The molecule has 0 spiro atoms. The van der Waals surface area contributed by atoms with Crippen molar-refractivity contribution < 1.29 is 9.59 Å². The van der Waals surface area contributed by atoms with Crippen molar-refractivity contribution in [2.45, 2.75) is 39.5 Å². The normalized spacial score (nSPS) is 20.2. The molecular formula is C17H20BrNO2. The second-order valence-electron chi connectivity index (χ2n) is 6.54. The Bertz CT molecular complexity index is 617. The van der Waals surface area contributed by atoms with E-state index in [-0.39, 0.29) is 17.1 Å². The first-order valence-corrected chi connectivity index (χ1v) is 8.63. The first-order chi connectivity index (χ1) is 9.97. The van der Waals surface area contributed by atoms with Gasteiger partial charge in [0.2, 0.25) is 0 Å². The molecule has 1 aliphatic carbocycles. The van der Waals surface area contributed by atoms with E-state index in [4.69, 9.17) is 0 Å². The van der Waals surface area contributed by atoms with Crippen LogP contribution in [0.1, 0.15) is 47.2 Å². The molecule has 21 heavy (non-hydrogen) atoms. The summed E-state index contributed by atoms with van der Waals surface area (Å²) in [6.07, 6.45) is 4.66. The molecule has 112 valence electrons. The summed E-state index contributed by atoms with van der Waals surface area (Å²) in [5, 5.41) is 0.887. The van der Waals surface area contributed by atoms with Gasteiger partial charge in [0.1, 0.15) is 0 Å². The van der Waals surface area contributed by atoms with Crippen LogP contribution in [0.4, 0.5) is 5.69 Å². The van der Waals surface area contributed by atoms with E-state index >= 15 is 0 Å². The molecule has 0 atom stereocenters. The van der Waals surface area contributed by atoms with E-state index in [0.29, 0.717) is 12.1 Å². The Hall–Kier alpha value is -1.16. The Kier molecular flexibility index (Phi) is 3.68. The number of alkyl halides is 1. The van der Waals surface area contributed by atoms with E-state index in [1.165, 1.54) is 12.8 Å². The second kappa shape index (κ2) is 5.24. The van der Waals surface area contributed by atoms with E-state index in [9.17, 15) is 9.59 Å². The number of Topliss-reactive ketones (excluding diaryl/α,β-unsaturated/α-hetero) is 1. The number of hydrogen-bond donors (Lipinski definition) is 0. The molecule has 1 aromatic rings. The number of benzene rings is 1. The number of carbonyl (C=O) groups excluding carboxylic acids is 2. The van der Waals surface area contributed by atoms with Gasteiger partial charge in [0.05, 0.1) is 11.3 Å². The van der Waals surface area contributed by atoms with Gasteiger partial charge in [-0.2, -0.15) is 0 Å². The smallest absolute Gasteiger partial charge is 0.299 e. The molecular weight excluding hydrogens is 330 g/mol. The van der Waals surface area contributed by atoms with Crippen molar-refractivity contribution in [1.82, 2.24) is 0 Å². The van der Waals surface area contributed by atoms with Crippen LogP contribution in [-0.4, -0.2) is 23.6 Å². The van der Waals surface area contributed by atoms with Gasteiger partial charge < -0.3 is 4.90 Å². The average molecular weight is 350 g/mol. The lowest BCUT2D eigenvalue weighted by molar-refractivity contribution is -0.114. The zero-order chi connectivity index (χ0) is 15.2. The summed E-state index contributed by atoms with van der Waals surface area (Å²) in [7, 11) is 0. The molecule has 4 heteroatoms. The molecule has 0 saturated heterocycles. The van der Waals surface area contributed by atoms with E-state index < -0.39 is 0 Å². The number of ketones is 1. The van der Waals surface area contributed by atoms with Crippen molar-refractivity contribution >= 4 is 33.3 Å². The zero-order valence-corrected chi connectivity index (χ0v) is 14.1. The fourth-order valence-corrected chi connectivity index (χ4v) is 4.51. The van der Waals surface area contributed by atoms with Gasteiger partial charge in [0, 0.05) is 11.9 Å². The van der Waals surface area contributed by atoms with Crippen LogP contribution < -0.4 is 4.90 Å². The minimum atomic E-state index is -0.356. The van der Waals surface area contributed by atoms with Crippen molar-refractivity contribution in [2.75, 3.05) is 16.8 Å². The van der Waals surface area contributed by atoms with Crippen molar-refractivity contribution in [2.24, 2.45) is 5.41 Å². The largest absolute Gasteiger partial charge is 0.304 e. The van der Waals surface area contributed by atoms with Gasteiger partial charge in [-0.05, 0) is 49.3 Å². The molecule has 0 unspecified atom stereocenters. The van der Waals surface area contributed by atoms with Crippen LogP contribution in [0.3, 0.4) is 0 Å². The number of carbonyl (C=O) groups is 2. The first-order valence-electron chi connectivity index (χ1n) is 7.51. The minimum Gasteiger partial charge on any atom is -0.304 e. The lowest BCUT2D eigenvalue weighted by Crippen LogP contribution is -2.40. The van der Waals surface area contributed by atoms with E-state index in [0.717, 1.165) is 35.0 Å². The third-order valence-electron chi connectivity index (χ3n) is 4.84. The molecule has 0 N–H and O–H groups in total. The first kappa shape index (κ1) is 14.8. The standard InChI is InChI=1S/C17H20BrNO2/c1-11-7-12(2)14-13(8-11)15(20)16(21)19(14)10-17(9-18)5-3-4-6-17/h7-8H,3-6,9-10H2,1-2H3. The summed E-state index contributed by atoms with van der Waals surface area (Å²) in [4.78, 5) is 26.4. The fraction of sp³-hybridized carbons (Fsp3) is 0.529. The summed E-state index contributed by atoms with van der Waals surface area (Å²) < 4.78 is 0. The Morgan fingerprint density at radius 2 is 1.86 bits per heavy atom. The molecule has 3 nitrogen and oxygen atoms in total. The number of nitrogens with zero attached hydrogens (tertiary/aromatic N) is 1. The molecule has 0 aromatic heterocycles. The van der Waals surface area contributed by atoms with Crippen molar-refractivity contribution in [3.63, 3.8) is 0 Å². The number of amides is 1. The van der Waals surface area contributed by atoms with Crippen LogP contribution in [0, 0.1) is 19.3 Å².